The van der Waals surface area contributed by atoms with E-state index in [2.05, 4.69) is 10.2 Å². The Morgan fingerprint density at radius 1 is 1.43 bits per heavy atom. The molecule has 1 atom stereocenters. The Kier molecular flexibility index (Phi) is 5.87. The van der Waals surface area contributed by atoms with Gasteiger partial charge in [0.15, 0.2) is 0 Å². The molecule has 5 heteroatoms. The molecule has 1 aliphatic heterocycles. The lowest BCUT2D eigenvalue weighted by molar-refractivity contribution is -0.121. The fourth-order valence-electron chi connectivity index (χ4n) is 2.63. The minimum absolute atomic E-state index is 0.134. The summed E-state index contributed by atoms with van der Waals surface area (Å²) in [5.41, 5.74) is 0. The van der Waals surface area contributed by atoms with Crippen LogP contribution in [-0.4, -0.2) is 51.2 Å². The number of ether oxygens (including phenoxy) is 2. The molecule has 1 aromatic rings. The van der Waals surface area contributed by atoms with Crippen molar-refractivity contribution in [2.45, 2.75) is 12.8 Å². The molecule has 2 rings (SSSR count). The average molecular weight is 292 g/mol. The van der Waals surface area contributed by atoms with E-state index in [1.807, 2.05) is 24.3 Å². The number of nitrogens with one attached hydrogen (secondary N) is 1. The van der Waals surface area contributed by atoms with Gasteiger partial charge in [0.25, 0.3) is 0 Å². The highest BCUT2D eigenvalue weighted by Gasteiger charge is 2.23. The maximum atomic E-state index is 11.4. The van der Waals surface area contributed by atoms with Crippen LogP contribution in [0.25, 0.3) is 0 Å². The second kappa shape index (κ2) is 7.88. The van der Waals surface area contributed by atoms with E-state index in [0.29, 0.717) is 18.9 Å². The first-order chi connectivity index (χ1) is 10.2. The summed E-state index contributed by atoms with van der Waals surface area (Å²) in [6.07, 6.45) is 1.72. The molecule has 1 aromatic carbocycles. The molecule has 1 fully saturated rings. The van der Waals surface area contributed by atoms with Gasteiger partial charge in [0.05, 0.1) is 7.11 Å². The summed E-state index contributed by atoms with van der Waals surface area (Å²) in [6.45, 7) is 3.57. The van der Waals surface area contributed by atoms with Crippen LogP contribution in [0.1, 0.15) is 12.8 Å². The second-order valence-electron chi connectivity index (χ2n) is 5.36. The Balaban J connectivity index is 1.68. The maximum absolute atomic E-state index is 11.4. The molecule has 1 amide bonds. The number of carbonyl (C=O) groups is 1. The molecule has 0 spiro atoms. The zero-order chi connectivity index (χ0) is 15.1. The number of nitrogens with zero attached hydrogens (tertiary/aromatic N) is 1. The van der Waals surface area contributed by atoms with Gasteiger partial charge in [0.2, 0.25) is 5.91 Å². The Bertz CT molecular complexity index is 465. The smallest absolute Gasteiger partial charge is 0.220 e. The third-order valence-electron chi connectivity index (χ3n) is 3.84. The minimum atomic E-state index is 0.134. The van der Waals surface area contributed by atoms with Crippen molar-refractivity contribution < 1.29 is 14.3 Å². The van der Waals surface area contributed by atoms with Crippen LogP contribution in [0.4, 0.5) is 0 Å². The van der Waals surface area contributed by atoms with Crippen molar-refractivity contribution in [2.24, 2.45) is 5.92 Å². The number of rotatable bonds is 7. The molecule has 0 radical (unpaired) electrons. The van der Waals surface area contributed by atoms with Crippen LogP contribution < -0.4 is 14.8 Å². The highest BCUT2D eigenvalue weighted by atomic mass is 16.5. The van der Waals surface area contributed by atoms with Gasteiger partial charge in [0.1, 0.15) is 18.1 Å². The largest absolute Gasteiger partial charge is 0.497 e. The minimum Gasteiger partial charge on any atom is -0.497 e. The Morgan fingerprint density at radius 3 is 3.00 bits per heavy atom. The van der Waals surface area contributed by atoms with Gasteiger partial charge in [-0.3, -0.25) is 9.69 Å². The molecule has 116 valence electrons. The van der Waals surface area contributed by atoms with Gasteiger partial charge in [0, 0.05) is 32.6 Å². The van der Waals surface area contributed by atoms with Gasteiger partial charge in [-0.05, 0) is 31.0 Å². The van der Waals surface area contributed by atoms with E-state index in [-0.39, 0.29) is 5.91 Å². The molecular formula is C16H24N2O3. The Morgan fingerprint density at radius 2 is 2.24 bits per heavy atom. The molecule has 1 unspecified atom stereocenters. The summed E-state index contributed by atoms with van der Waals surface area (Å²) >= 11 is 0. The van der Waals surface area contributed by atoms with E-state index in [4.69, 9.17) is 9.47 Å². The normalized spacial score (nSPS) is 18.5. The van der Waals surface area contributed by atoms with Crippen LogP contribution in [0.3, 0.4) is 0 Å². The van der Waals surface area contributed by atoms with E-state index in [0.717, 1.165) is 37.6 Å². The molecule has 1 N–H and O–H groups in total. The van der Waals surface area contributed by atoms with Crippen LogP contribution in [0.5, 0.6) is 11.5 Å². The molecule has 1 aliphatic rings. The van der Waals surface area contributed by atoms with Crippen LogP contribution in [0.2, 0.25) is 0 Å². The zero-order valence-corrected chi connectivity index (χ0v) is 12.8. The Hall–Kier alpha value is -1.75. The average Bonchev–Trinajstić information content (AvgIpc) is 2.94. The second-order valence-corrected chi connectivity index (χ2v) is 5.36. The number of benzene rings is 1. The molecule has 0 saturated carbocycles. The molecule has 0 bridgehead atoms. The first kappa shape index (κ1) is 15.6. The first-order valence-corrected chi connectivity index (χ1v) is 7.41. The highest BCUT2D eigenvalue weighted by molar-refractivity contribution is 5.75. The van der Waals surface area contributed by atoms with E-state index >= 15 is 0 Å². The van der Waals surface area contributed by atoms with Crippen molar-refractivity contribution >= 4 is 5.91 Å². The number of amides is 1. The van der Waals surface area contributed by atoms with E-state index in [9.17, 15) is 4.79 Å². The van der Waals surface area contributed by atoms with Crippen molar-refractivity contribution in [1.29, 1.82) is 0 Å². The van der Waals surface area contributed by atoms with Gasteiger partial charge in [-0.1, -0.05) is 6.07 Å². The van der Waals surface area contributed by atoms with Crippen LogP contribution in [0, 0.1) is 5.92 Å². The molecule has 0 aromatic heterocycles. The monoisotopic (exact) mass is 292 g/mol. The van der Waals surface area contributed by atoms with Crippen LogP contribution in [0.15, 0.2) is 24.3 Å². The summed E-state index contributed by atoms with van der Waals surface area (Å²) in [7, 11) is 3.34. The predicted molar refractivity (Wildman–Crippen MR) is 81.7 cm³/mol. The fraction of sp³-hybridized carbons (Fsp3) is 0.562. The third kappa shape index (κ3) is 4.93. The number of methoxy groups -OCH3 is 1. The standard InChI is InChI=1S/C16H24N2O3/c1-17-16(19)10-13-6-7-18(12-13)8-9-21-15-5-3-4-14(11-15)20-2/h3-5,11,13H,6-10,12H2,1-2H3,(H,17,19). The van der Waals surface area contributed by atoms with Crippen molar-refractivity contribution in [3.63, 3.8) is 0 Å². The van der Waals surface area contributed by atoms with E-state index < -0.39 is 0 Å². The topological polar surface area (TPSA) is 50.8 Å². The van der Waals surface area contributed by atoms with Gasteiger partial charge < -0.3 is 14.8 Å². The number of hydrogen-bond acceptors (Lipinski definition) is 4. The van der Waals surface area contributed by atoms with Crippen LogP contribution >= 0.6 is 0 Å². The maximum Gasteiger partial charge on any atom is 0.220 e. The van der Waals surface area contributed by atoms with E-state index in [1.165, 1.54) is 0 Å². The quantitative estimate of drug-likeness (QED) is 0.828. The van der Waals surface area contributed by atoms with Crippen molar-refractivity contribution in [1.82, 2.24) is 10.2 Å². The number of likely N-dealkylation sites (tertiary alicyclic amines) is 1. The van der Waals surface area contributed by atoms with Gasteiger partial charge in [-0.15, -0.1) is 0 Å². The number of hydrogen-bond donors (Lipinski definition) is 1. The molecular weight excluding hydrogens is 268 g/mol. The lowest BCUT2D eigenvalue weighted by atomic mass is 10.1. The predicted octanol–water partition coefficient (Wildman–Crippen LogP) is 1.53. The fourth-order valence-corrected chi connectivity index (χ4v) is 2.63. The summed E-state index contributed by atoms with van der Waals surface area (Å²) in [5.74, 6) is 2.24. The summed E-state index contributed by atoms with van der Waals surface area (Å²) in [5, 5.41) is 2.69. The molecule has 0 aliphatic carbocycles. The van der Waals surface area contributed by atoms with Crippen molar-refractivity contribution in [2.75, 3.05) is 40.4 Å². The molecule has 1 heterocycles. The molecule has 21 heavy (non-hydrogen) atoms. The van der Waals surface area contributed by atoms with Crippen molar-refractivity contribution in [3.05, 3.63) is 24.3 Å². The van der Waals surface area contributed by atoms with Crippen molar-refractivity contribution in [3.8, 4) is 11.5 Å². The van der Waals surface area contributed by atoms with Gasteiger partial charge in [-0.25, -0.2) is 0 Å². The van der Waals surface area contributed by atoms with E-state index in [1.54, 1.807) is 14.2 Å². The van der Waals surface area contributed by atoms with Gasteiger partial charge in [-0.2, -0.15) is 0 Å². The lowest BCUT2D eigenvalue weighted by Crippen LogP contribution is -2.27. The zero-order valence-electron chi connectivity index (χ0n) is 12.8. The summed E-state index contributed by atoms with van der Waals surface area (Å²) in [4.78, 5) is 13.7. The van der Waals surface area contributed by atoms with Gasteiger partial charge >= 0.3 is 0 Å². The number of carbonyl (C=O) groups excluding carboxylic acids is 1. The molecule has 5 nitrogen and oxygen atoms in total. The summed E-state index contributed by atoms with van der Waals surface area (Å²) in [6, 6.07) is 7.64. The molecule has 1 saturated heterocycles. The highest BCUT2D eigenvalue weighted by Crippen LogP contribution is 2.20. The lowest BCUT2D eigenvalue weighted by Gasteiger charge is -2.16. The summed E-state index contributed by atoms with van der Waals surface area (Å²) < 4.78 is 10.9. The third-order valence-corrected chi connectivity index (χ3v) is 3.84. The SMILES string of the molecule is CNC(=O)CC1CCN(CCOc2cccc(OC)c2)C1. The first-order valence-electron chi connectivity index (χ1n) is 7.41. The Labute approximate surface area is 126 Å². The van der Waals surface area contributed by atoms with Crippen LogP contribution in [-0.2, 0) is 4.79 Å².